The van der Waals surface area contributed by atoms with Crippen LogP contribution < -0.4 is 10.1 Å². The highest BCUT2D eigenvalue weighted by Crippen LogP contribution is 2.29. The molecule has 1 N–H and O–H groups in total. The van der Waals surface area contributed by atoms with Gasteiger partial charge in [0, 0.05) is 16.8 Å². The highest BCUT2D eigenvalue weighted by atomic mass is 127. The zero-order valence-corrected chi connectivity index (χ0v) is 14.3. The van der Waals surface area contributed by atoms with E-state index < -0.39 is 0 Å². The monoisotopic (exact) mass is 397 g/mol. The summed E-state index contributed by atoms with van der Waals surface area (Å²) in [5.74, 6) is 0.538. The van der Waals surface area contributed by atoms with E-state index in [-0.39, 0.29) is 11.6 Å². The molecule has 0 radical (unpaired) electrons. The molecule has 0 unspecified atom stereocenters. The minimum absolute atomic E-state index is 0.0962. The standard InChI is InChI=1S/C16H16INO3/c1-4-21-12-7-5-11(6-8-12)18-14-13(17)15(19)9(2)10(3)16(14)20/h5-8,18H,4H2,1-3H3. The van der Waals surface area contributed by atoms with Crippen LogP contribution in [0, 0.1) is 0 Å². The zero-order valence-electron chi connectivity index (χ0n) is 12.1. The quantitative estimate of drug-likeness (QED) is 0.623. The molecular weight excluding hydrogens is 381 g/mol. The highest BCUT2D eigenvalue weighted by Gasteiger charge is 2.29. The Labute approximate surface area is 137 Å². The first-order valence-electron chi connectivity index (χ1n) is 6.62. The first-order chi connectivity index (χ1) is 9.95. The number of hydrogen-bond donors (Lipinski definition) is 1. The molecule has 0 aromatic heterocycles. The average Bonchev–Trinajstić information content (AvgIpc) is 2.49. The molecule has 0 aliphatic heterocycles. The maximum absolute atomic E-state index is 12.3. The summed E-state index contributed by atoms with van der Waals surface area (Å²) in [4.78, 5) is 24.4. The molecule has 0 fully saturated rings. The number of anilines is 1. The Morgan fingerprint density at radius 1 is 1.05 bits per heavy atom. The molecule has 1 aliphatic carbocycles. The summed E-state index contributed by atoms with van der Waals surface area (Å²) in [6.07, 6.45) is 0. The fourth-order valence-corrected chi connectivity index (χ4v) is 2.75. The van der Waals surface area contributed by atoms with E-state index in [4.69, 9.17) is 4.74 Å². The van der Waals surface area contributed by atoms with Crippen molar-refractivity contribution < 1.29 is 14.3 Å². The van der Waals surface area contributed by atoms with Crippen molar-refractivity contribution in [3.05, 3.63) is 44.7 Å². The number of carbonyl (C=O) groups excluding carboxylic acids is 2. The molecule has 4 nitrogen and oxygen atoms in total. The topological polar surface area (TPSA) is 55.4 Å². The van der Waals surface area contributed by atoms with Crippen LogP contribution in [0.1, 0.15) is 20.8 Å². The molecule has 0 amide bonds. The first-order valence-corrected chi connectivity index (χ1v) is 7.70. The van der Waals surface area contributed by atoms with E-state index in [1.54, 1.807) is 13.8 Å². The first kappa shape index (κ1) is 15.8. The third-order valence-electron chi connectivity index (χ3n) is 3.32. The van der Waals surface area contributed by atoms with Gasteiger partial charge in [-0.3, -0.25) is 9.59 Å². The van der Waals surface area contributed by atoms with E-state index in [0.29, 0.717) is 27.0 Å². The van der Waals surface area contributed by atoms with Gasteiger partial charge in [0.15, 0.2) is 5.78 Å². The van der Waals surface area contributed by atoms with Gasteiger partial charge in [-0.1, -0.05) is 0 Å². The largest absolute Gasteiger partial charge is 0.494 e. The molecule has 0 saturated heterocycles. The number of Topliss-reactive ketones (excluding diaryl/α,β-unsaturated/α-hetero) is 2. The van der Waals surface area contributed by atoms with Crippen molar-refractivity contribution in [3.8, 4) is 5.75 Å². The Balaban J connectivity index is 2.26. The summed E-state index contributed by atoms with van der Waals surface area (Å²) in [6.45, 7) is 5.88. The van der Waals surface area contributed by atoms with E-state index in [9.17, 15) is 9.59 Å². The van der Waals surface area contributed by atoms with E-state index in [0.717, 1.165) is 11.4 Å². The van der Waals surface area contributed by atoms with Crippen molar-refractivity contribution >= 4 is 39.8 Å². The Kier molecular flexibility index (Phi) is 4.82. The van der Waals surface area contributed by atoms with Crippen molar-refractivity contribution in [2.45, 2.75) is 20.8 Å². The van der Waals surface area contributed by atoms with Crippen LogP contribution in [0.25, 0.3) is 0 Å². The molecule has 110 valence electrons. The van der Waals surface area contributed by atoms with Crippen molar-refractivity contribution in [1.29, 1.82) is 0 Å². The lowest BCUT2D eigenvalue weighted by Gasteiger charge is -2.19. The van der Waals surface area contributed by atoms with Gasteiger partial charge in [-0.15, -0.1) is 0 Å². The molecule has 1 aromatic rings. The van der Waals surface area contributed by atoms with Crippen molar-refractivity contribution in [3.63, 3.8) is 0 Å². The van der Waals surface area contributed by atoms with Crippen LogP contribution in [0.3, 0.4) is 0 Å². The predicted octanol–water partition coefficient (Wildman–Crippen LogP) is 3.63. The van der Waals surface area contributed by atoms with E-state index in [1.807, 2.05) is 53.8 Å². The van der Waals surface area contributed by atoms with Crippen molar-refractivity contribution in [2.24, 2.45) is 0 Å². The van der Waals surface area contributed by atoms with Crippen LogP contribution >= 0.6 is 22.6 Å². The summed E-state index contributed by atoms with van der Waals surface area (Å²) in [5.41, 5.74) is 2.10. The van der Waals surface area contributed by atoms with Gasteiger partial charge < -0.3 is 10.1 Å². The van der Waals surface area contributed by atoms with E-state index >= 15 is 0 Å². The molecule has 2 rings (SSSR count). The Bertz CT molecular complexity index is 657. The molecule has 0 spiro atoms. The fraction of sp³-hybridized carbons (Fsp3) is 0.250. The van der Waals surface area contributed by atoms with Crippen molar-refractivity contribution in [2.75, 3.05) is 11.9 Å². The van der Waals surface area contributed by atoms with Gasteiger partial charge in [0.2, 0.25) is 5.78 Å². The van der Waals surface area contributed by atoms with Gasteiger partial charge in [-0.2, -0.15) is 0 Å². The number of halogens is 1. The van der Waals surface area contributed by atoms with E-state index in [1.165, 1.54) is 0 Å². The lowest BCUT2D eigenvalue weighted by atomic mass is 9.95. The minimum Gasteiger partial charge on any atom is -0.494 e. The van der Waals surface area contributed by atoms with E-state index in [2.05, 4.69) is 5.32 Å². The molecule has 1 aliphatic rings. The highest BCUT2D eigenvalue weighted by molar-refractivity contribution is 14.1. The SMILES string of the molecule is CCOc1ccc(NC2=C(I)C(=O)C(C)=C(C)C2=O)cc1. The maximum atomic E-state index is 12.3. The number of benzene rings is 1. The summed E-state index contributed by atoms with van der Waals surface area (Å²) >= 11 is 1.92. The van der Waals surface area contributed by atoms with Crippen LogP contribution in [0.4, 0.5) is 5.69 Å². The summed E-state index contributed by atoms with van der Waals surface area (Å²) < 4.78 is 5.80. The lowest BCUT2D eigenvalue weighted by Crippen LogP contribution is -2.23. The van der Waals surface area contributed by atoms with Gasteiger partial charge in [-0.05, 0) is 67.6 Å². The molecule has 0 atom stereocenters. The second-order valence-corrected chi connectivity index (χ2v) is 5.76. The second-order valence-electron chi connectivity index (χ2n) is 4.68. The molecule has 0 heterocycles. The van der Waals surface area contributed by atoms with Gasteiger partial charge >= 0.3 is 0 Å². The number of carbonyl (C=O) groups is 2. The maximum Gasteiger partial charge on any atom is 0.206 e. The molecule has 0 bridgehead atoms. The number of rotatable bonds is 4. The van der Waals surface area contributed by atoms with Crippen LogP contribution in [-0.4, -0.2) is 18.2 Å². The van der Waals surface area contributed by atoms with Gasteiger partial charge in [0.05, 0.1) is 10.2 Å². The molecule has 0 saturated carbocycles. The minimum atomic E-state index is -0.134. The number of ether oxygens (including phenoxy) is 1. The second kappa shape index (κ2) is 6.43. The third-order valence-corrected chi connectivity index (χ3v) is 4.35. The van der Waals surface area contributed by atoms with Crippen LogP contribution in [-0.2, 0) is 9.59 Å². The number of allylic oxidation sites excluding steroid dienone is 3. The van der Waals surface area contributed by atoms with Gasteiger partial charge in [0.1, 0.15) is 11.4 Å². The molecule has 21 heavy (non-hydrogen) atoms. The predicted molar refractivity (Wildman–Crippen MR) is 90.7 cm³/mol. The summed E-state index contributed by atoms with van der Waals surface area (Å²) in [6, 6.07) is 7.28. The molecular formula is C16H16INO3. The lowest BCUT2D eigenvalue weighted by molar-refractivity contribution is -0.115. The Morgan fingerprint density at radius 3 is 2.19 bits per heavy atom. The Morgan fingerprint density at radius 2 is 1.62 bits per heavy atom. The third kappa shape index (κ3) is 3.18. The van der Waals surface area contributed by atoms with Crippen LogP contribution in [0.5, 0.6) is 5.75 Å². The fourth-order valence-electron chi connectivity index (χ4n) is 1.96. The van der Waals surface area contributed by atoms with Gasteiger partial charge in [0.25, 0.3) is 0 Å². The number of ketones is 2. The number of hydrogen-bond acceptors (Lipinski definition) is 4. The van der Waals surface area contributed by atoms with Crippen LogP contribution in [0.2, 0.25) is 0 Å². The smallest absolute Gasteiger partial charge is 0.206 e. The molecule has 5 heteroatoms. The van der Waals surface area contributed by atoms with Gasteiger partial charge in [-0.25, -0.2) is 0 Å². The summed E-state index contributed by atoms with van der Waals surface area (Å²) in [5, 5.41) is 3.04. The number of nitrogens with one attached hydrogen (secondary N) is 1. The van der Waals surface area contributed by atoms with Crippen LogP contribution in [0.15, 0.2) is 44.7 Å². The summed E-state index contributed by atoms with van der Waals surface area (Å²) in [7, 11) is 0. The Hall–Kier alpha value is -1.63. The normalized spacial score (nSPS) is 15.6. The van der Waals surface area contributed by atoms with Crippen molar-refractivity contribution in [1.82, 2.24) is 0 Å². The molecule has 1 aromatic carbocycles. The average molecular weight is 397 g/mol. The zero-order chi connectivity index (χ0) is 15.6.